The first-order chi connectivity index (χ1) is 14.4. The molecular weight excluding hydrogens is 354 g/mol. The molecule has 2 atom stereocenters. The van der Waals surface area contributed by atoms with E-state index in [1.807, 2.05) is 24.5 Å². The van der Waals surface area contributed by atoms with Crippen molar-refractivity contribution in [3.63, 3.8) is 0 Å². The Morgan fingerprint density at radius 3 is 2.00 bits per heavy atom. The maximum atomic E-state index is 5.20. The van der Waals surface area contributed by atoms with E-state index in [9.17, 15) is 0 Å². The summed E-state index contributed by atoms with van der Waals surface area (Å²) < 4.78 is 0. The van der Waals surface area contributed by atoms with Crippen LogP contribution < -0.4 is 0 Å². The lowest BCUT2D eigenvalue weighted by Crippen LogP contribution is -2.59. The number of pyridine rings is 1. The van der Waals surface area contributed by atoms with Crippen LogP contribution in [0.2, 0.25) is 0 Å². The fourth-order valence-electron chi connectivity index (χ4n) is 5.20. The van der Waals surface area contributed by atoms with Gasteiger partial charge in [0.1, 0.15) is 0 Å². The molecule has 0 amide bonds. The number of piperidine rings is 3. The van der Waals surface area contributed by atoms with E-state index < -0.39 is 0 Å². The normalized spacial score (nSPS) is 26.2. The van der Waals surface area contributed by atoms with Crippen LogP contribution in [0.5, 0.6) is 0 Å². The van der Waals surface area contributed by atoms with Crippen LogP contribution in [0.25, 0.3) is 0 Å². The van der Waals surface area contributed by atoms with Crippen molar-refractivity contribution in [1.82, 2.24) is 9.88 Å². The number of benzene rings is 2. The molecule has 2 unspecified atom stereocenters. The van der Waals surface area contributed by atoms with Crippen molar-refractivity contribution in [3.8, 4) is 0 Å². The number of aromatic nitrogens is 1. The number of nitrogens with zero attached hydrogens (tertiary/aromatic N) is 3. The first-order valence-electron chi connectivity index (χ1n) is 10.7. The molecule has 3 aliphatic rings. The van der Waals surface area contributed by atoms with Crippen LogP contribution in [0, 0.1) is 5.92 Å². The molecule has 3 aliphatic heterocycles. The van der Waals surface area contributed by atoms with E-state index >= 15 is 0 Å². The number of aliphatic imine (C=N–C) groups is 1. The Kier molecular flexibility index (Phi) is 5.23. The molecule has 0 spiro atoms. The topological polar surface area (TPSA) is 28.5 Å². The van der Waals surface area contributed by atoms with E-state index in [-0.39, 0.29) is 0 Å². The lowest BCUT2D eigenvalue weighted by Gasteiger charge is -2.52. The molecular formula is C26H27N3. The van der Waals surface area contributed by atoms with Gasteiger partial charge in [0, 0.05) is 30.6 Å². The third-order valence-corrected chi connectivity index (χ3v) is 6.59. The maximum Gasteiger partial charge on any atom is 0.0693 e. The molecule has 1 aromatic heterocycles. The van der Waals surface area contributed by atoms with E-state index in [4.69, 9.17) is 4.99 Å². The highest BCUT2D eigenvalue weighted by Crippen LogP contribution is 2.43. The lowest BCUT2D eigenvalue weighted by molar-refractivity contribution is 0.0215. The second-order valence-corrected chi connectivity index (χ2v) is 8.21. The van der Waals surface area contributed by atoms with Gasteiger partial charge in [0.25, 0.3) is 0 Å². The molecule has 3 saturated heterocycles. The van der Waals surface area contributed by atoms with Crippen LogP contribution in [-0.4, -0.2) is 41.3 Å². The molecule has 0 saturated carbocycles. The monoisotopic (exact) mass is 381 g/mol. The number of fused-ring (bicyclic) bond motifs is 3. The minimum Gasteiger partial charge on any atom is -0.297 e. The zero-order valence-corrected chi connectivity index (χ0v) is 16.6. The van der Waals surface area contributed by atoms with Gasteiger partial charge in [-0.05, 0) is 60.7 Å². The summed E-state index contributed by atoms with van der Waals surface area (Å²) in [6.07, 6.45) is 8.25. The van der Waals surface area contributed by atoms with Crippen LogP contribution in [0.3, 0.4) is 0 Å². The minimum absolute atomic E-state index is 0.316. The molecule has 3 fully saturated rings. The summed E-state index contributed by atoms with van der Waals surface area (Å²) in [5.74, 6) is 0.998. The quantitative estimate of drug-likeness (QED) is 0.594. The summed E-state index contributed by atoms with van der Waals surface area (Å²) >= 11 is 0. The predicted molar refractivity (Wildman–Crippen MR) is 118 cm³/mol. The van der Waals surface area contributed by atoms with Crippen LogP contribution in [0.4, 0.5) is 0 Å². The van der Waals surface area contributed by atoms with Crippen LogP contribution >= 0.6 is 0 Å². The highest BCUT2D eigenvalue weighted by molar-refractivity contribution is 5.79. The van der Waals surface area contributed by atoms with Crippen molar-refractivity contribution < 1.29 is 0 Å². The molecule has 0 radical (unpaired) electrons. The minimum atomic E-state index is 0.316. The molecule has 4 heterocycles. The van der Waals surface area contributed by atoms with Gasteiger partial charge in [-0.15, -0.1) is 0 Å². The van der Waals surface area contributed by atoms with Gasteiger partial charge >= 0.3 is 0 Å². The van der Waals surface area contributed by atoms with Gasteiger partial charge in [-0.25, -0.2) is 0 Å². The van der Waals surface area contributed by atoms with E-state index in [0.717, 1.165) is 5.56 Å². The largest absolute Gasteiger partial charge is 0.297 e. The third-order valence-electron chi connectivity index (χ3n) is 6.59. The van der Waals surface area contributed by atoms with Crippen molar-refractivity contribution >= 4 is 6.21 Å². The molecule has 0 N–H and O–H groups in total. The first-order valence-corrected chi connectivity index (χ1v) is 10.7. The molecule has 3 heteroatoms. The van der Waals surface area contributed by atoms with Crippen LogP contribution in [-0.2, 0) is 0 Å². The van der Waals surface area contributed by atoms with Gasteiger partial charge in [-0.1, -0.05) is 60.7 Å². The van der Waals surface area contributed by atoms with Gasteiger partial charge in [-0.3, -0.25) is 14.9 Å². The molecule has 3 nitrogen and oxygen atoms in total. The number of rotatable bonds is 5. The van der Waals surface area contributed by atoms with Crippen LogP contribution in [0.1, 0.15) is 35.4 Å². The predicted octanol–water partition coefficient (Wildman–Crippen LogP) is 4.80. The Morgan fingerprint density at radius 1 is 0.828 bits per heavy atom. The van der Waals surface area contributed by atoms with Gasteiger partial charge in [0.15, 0.2) is 0 Å². The van der Waals surface area contributed by atoms with E-state index in [0.29, 0.717) is 23.9 Å². The van der Waals surface area contributed by atoms with Crippen molar-refractivity contribution in [2.24, 2.45) is 10.9 Å². The standard InChI is InChI=1S/C26H27N3/c1-3-7-21(8-4-1)24(22-9-5-2-6-10-22)26-25(23-13-17-29(26)18-14-23)28-19-20-11-15-27-16-12-20/h1-12,15-16,19,23-26H,13-14,17-18H2/b28-19-. The smallest absolute Gasteiger partial charge is 0.0693 e. The lowest BCUT2D eigenvalue weighted by atomic mass is 9.71. The fourth-order valence-corrected chi connectivity index (χ4v) is 5.20. The van der Waals surface area contributed by atoms with Gasteiger partial charge in [0.05, 0.1) is 6.04 Å². The zero-order valence-electron chi connectivity index (χ0n) is 16.6. The Bertz CT molecular complexity index is 892. The van der Waals surface area contributed by atoms with E-state index in [2.05, 4.69) is 76.8 Å². The molecule has 146 valence electrons. The second kappa shape index (κ2) is 8.30. The van der Waals surface area contributed by atoms with Crippen molar-refractivity contribution in [2.45, 2.75) is 30.8 Å². The SMILES string of the molecule is C(=N/C1C2CCN(CC2)C1C(c1ccccc1)c1ccccc1)/c1ccncc1. The van der Waals surface area contributed by atoms with Gasteiger partial charge in [0.2, 0.25) is 0 Å². The Labute approximate surface area is 173 Å². The third kappa shape index (κ3) is 3.75. The fraction of sp³-hybridized carbons (Fsp3) is 0.308. The Balaban J connectivity index is 1.56. The van der Waals surface area contributed by atoms with E-state index in [1.54, 1.807) is 0 Å². The van der Waals surface area contributed by atoms with E-state index in [1.165, 1.54) is 37.1 Å². The molecule has 0 aliphatic carbocycles. The molecule has 29 heavy (non-hydrogen) atoms. The number of hydrogen-bond donors (Lipinski definition) is 0. The zero-order chi connectivity index (χ0) is 19.5. The van der Waals surface area contributed by atoms with Gasteiger partial charge in [-0.2, -0.15) is 0 Å². The van der Waals surface area contributed by atoms with Crippen molar-refractivity contribution in [1.29, 1.82) is 0 Å². The average molecular weight is 382 g/mol. The summed E-state index contributed by atoms with van der Waals surface area (Å²) in [4.78, 5) is 12.0. The summed E-state index contributed by atoms with van der Waals surface area (Å²) in [5, 5.41) is 0. The Hall–Kier alpha value is -2.78. The average Bonchev–Trinajstić information content (AvgIpc) is 2.81. The Morgan fingerprint density at radius 2 is 1.41 bits per heavy atom. The van der Waals surface area contributed by atoms with Crippen LogP contribution in [0.15, 0.2) is 90.2 Å². The van der Waals surface area contributed by atoms with Crippen molar-refractivity contribution in [3.05, 3.63) is 102 Å². The summed E-state index contributed by atoms with van der Waals surface area (Å²) in [7, 11) is 0. The first kappa shape index (κ1) is 18.3. The number of hydrogen-bond acceptors (Lipinski definition) is 3. The molecule has 6 rings (SSSR count). The molecule has 2 aromatic carbocycles. The van der Waals surface area contributed by atoms with Gasteiger partial charge < -0.3 is 0 Å². The van der Waals surface area contributed by atoms with Crippen molar-refractivity contribution in [2.75, 3.05) is 13.1 Å². The highest BCUT2D eigenvalue weighted by atomic mass is 15.2. The second-order valence-electron chi connectivity index (χ2n) is 8.21. The summed E-state index contributed by atoms with van der Waals surface area (Å²) in [6, 6.07) is 26.8. The maximum absolute atomic E-state index is 5.20. The summed E-state index contributed by atoms with van der Waals surface area (Å²) in [6.45, 7) is 2.37. The highest BCUT2D eigenvalue weighted by Gasteiger charge is 2.46. The molecule has 2 bridgehead atoms. The molecule has 3 aromatic rings. The summed E-state index contributed by atoms with van der Waals surface area (Å²) in [5.41, 5.74) is 3.91.